The predicted octanol–water partition coefficient (Wildman–Crippen LogP) is 3.64. The van der Waals surface area contributed by atoms with Crippen molar-refractivity contribution in [2.24, 2.45) is 5.92 Å². The molecule has 1 aliphatic heterocycles. The van der Waals surface area contributed by atoms with E-state index in [1.54, 1.807) is 0 Å². The van der Waals surface area contributed by atoms with E-state index in [0.717, 1.165) is 22.4 Å². The van der Waals surface area contributed by atoms with Crippen molar-refractivity contribution >= 4 is 15.9 Å². The normalized spacial score (nSPS) is 15.7. The fraction of sp³-hybridized carbons (Fsp3) is 0.458. The van der Waals surface area contributed by atoms with Crippen LogP contribution < -0.4 is 10.1 Å². The summed E-state index contributed by atoms with van der Waals surface area (Å²) in [7, 11) is -3.38. The monoisotopic (exact) mass is 444 g/mol. The first-order chi connectivity index (χ1) is 14.7. The highest BCUT2D eigenvalue weighted by molar-refractivity contribution is 7.88. The van der Waals surface area contributed by atoms with Crippen LogP contribution in [0.2, 0.25) is 0 Å². The number of nitrogens with zero attached hydrogens (tertiary/aromatic N) is 1. The van der Waals surface area contributed by atoms with Crippen molar-refractivity contribution in [3.63, 3.8) is 0 Å². The number of ether oxygens (including phenoxy) is 1. The van der Waals surface area contributed by atoms with Gasteiger partial charge in [-0.1, -0.05) is 42.0 Å². The number of carbonyl (C=O) groups excluding carboxylic acids is 1. The van der Waals surface area contributed by atoms with Crippen molar-refractivity contribution in [3.8, 4) is 5.75 Å². The Morgan fingerprint density at radius 1 is 1.10 bits per heavy atom. The van der Waals surface area contributed by atoms with Crippen LogP contribution in [0.5, 0.6) is 5.75 Å². The van der Waals surface area contributed by atoms with Gasteiger partial charge in [0.25, 0.3) is 0 Å². The van der Waals surface area contributed by atoms with Gasteiger partial charge < -0.3 is 10.1 Å². The number of hydrogen-bond acceptors (Lipinski definition) is 4. The molecule has 0 bridgehead atoms. The van der Waals surface area contributed by atoms with Crippen LogP contribution in [-0.4, -0.2) is 37.8 Å². The van der Waals surface area contributed by atoms with E-state index in [4.69, 9.17) is 4.74 Å². The van der Waals surface area contributed by atoms with E-state index in [1.807, 2.05) is 69.3 Å². The molecular formula is C24H32N2O4S. The number of hydrogen-bond donors (Lipinski definition) is 1. The molecule has 1 N–H and O–H groups in total. The van der Waals surface area contributed by atoms with E-state index < -0.39 is 10.0 Å². The zero-order chi connectivity index (χ0) is 22.4. The first-order valence-corrected chi connectivity index (χ1v) is 12.4. The molecule has 0 unspecified atom stereocenters. The second kappa shape index (κ2) is 10.3. The molecule has 0 saturated carbocycles. The number of rotatable bonds is 8. The lowest BCUT2D eigenvalue weighted by Crippen LogP contribution is -2.43. The summed E-state index contributed by atoms with van der Waals surface area (Å²) >= 11 is 0. The maximum absolute atomic E-state index is 12.8. The zero-order valence-corrected chi connectivity index (χ0v) is 19.3. The summed E-state index contributed by atoms with van der Waals surface area (Å²) in [6, 6.07) is 15.3. The number of amides is 1. The Labute approximate surface area is 185 Å². The second-order valence-electron chi connectivity index (χ2n) is 8.45. The number of piperidine rings is 1. The average molecular weight is 445 g/mol. The topological polar surface area (TPSA) is 75.7 Å². The van der Waals surface area contributed by atoms with Gasteiger partial charge in [-0.2, -0.15) is 0 Å². The molecule has 31 heavy (non-hydrogen) atoms. The highest BCUT2D eigenvalue weighted by Crippen LogP contribution is 2.22. The molecule has 1 amide bonds. The highest BCUT2D eigenvalue weighted by atomic mass is 32.2. The Balaban J connectivity index is 1.47. The molecule has 0 radical (unpaired) electrons. The Morgan fingerprint density at radius 2 is 1.77 bits per heavy atom. The maximum atomic E-state index is 12.8. The minimum absolute atomic E-state index is 0.00205. The molecule has 7 heteroatoms. The van der Waals surface area contributed by atoms with E-state index in [9.17, 15) is 13.2 Å². The van der Waals surface area contributed by atoms with Crippen LogP contribution in [0.1, 0.15) is 43.4 Å². The number of sulfonamides is 1. The second-order valence-corrected chi connectivity index (χ2v) is 10.4. The molecule has 1 saturated heterocycles. The third kappa shape index (κ3) is 6.80. The molecule has 2 aromatic carbocycles. The Hall–Kier alpha value is -2.38. The van der Waals surface area contributed by atoms with Crippen LogP contribution in [0.15, 0.2) is 48.5 Å². The van der Waals surface area contributed by atoms with Gasteiger partial charge >= 0.3 is 0 Å². The van der Waals surface area contributed by atoms with Crippen molar-refractivity contribution in [1.82, 2.24) is 9.62 Å². The lowest BCUT2D eigenvalue weighted by molar-refractivity contribution is -0.126. The van der Waals surface area contributed by atoms with Crippen molar-refractivity contribution in [1.29, 1.82) is 0 Å². The average Bonchev–Trinajstić information content (AvgIpc) is 2.72. The summed E-state index contributed by atoms with van der Waals surface area (Å²) in [5, 5.41) is 2.98. The molecule has 0 spiro atoms. The molecule has 0 aliphatic carbocycles. The third-order valence-electron chi connectivity index (χ3n) is 5.41. The predicted molar refractivity (Wildman–Crippen MR) is 122 cm³/mol. The van der Waals surface area contributed by atoms with Crippen LogP contribution in [0.4, 0.5) is 0 Å². The van der Waals surface area contributed by atoms with E-state index in [-0.39, 0.29) is 23.7 Å². The largest absolute Gasteiger partial charge is 0.491 e. The SMILES string of the molecule is Cc1cccc(CS(=O)(=O)N2CCC(C(=O)NCc3ccc(OC(C)C)cc3)CC2)c1. The molecule has 0 aromatic heterocycles. The lowest BCUT2D eigenvalue weighted by atomic mass is 9.97. The molecular weight excluding hydrogens is 412 g/mol. The smallest absolute Gasteiger partial charge is 0.223 e. The summed E-state index contributed by atoms with van der Waals surface area (Å²) in [6.07, 6.45) is 1.21. The molecule has 3 rings (SSSR count). The van der Waals surface area contributed by atoms with Gasteiger partial charge in [0.1, 0.15) is 5.75 Å². The number of aryl methyl sites for hydroxylation is 1. The van der Waals surface area contributed by atoms with Crippen molar-refractivity contribution < 1.29 is 17.9 Å². The van der Waals surface area contributed by atoms with Crippen LogP contribution in [0.3, 0.4) is 0 Å². The van der Waals surface area contributed by atoms with Gasteiger partial charge in [0.2, 0.25) is 15.9 Å². The Bertz CT molecular complexity index is 979. The Kier molecular flexibility index (Phi) is 7.73. The fourth-order valence-electron chi connectivity index (χ4n) is 3.79. The molecule has 1 aliphatic rings. The van der Waals surface area contributed by atoms with Crippen molar-refractivity contribution in [3.05, 3.63) is 65.2 Å². The summed E-state index contributed by atoms with van der Waals surface area (Å²) in [4.78, 5) is 12.6. The third-order valence-corrected chi connectivity index (χ3v) is 7.26. The summed E-state index contributed by atoms with van der Waals surface area (Å²) < 4.78 is 32.7. The molecule has 168 valence electrons. The van der Waals surface area contributed by atoms with E-state index in [0.29, 0.717) is 32.5 Å². The van der Waals surface area contributed by atoms with Gasteiger partial charge in [-0.15, -0.1) is 0 Å². The molecule has 2 aromatic rings. The molecule has 1 fully saturated rings. The summed E-state index contributed by atoms with van der Waals surface area (Å²) in [5.41, 5.74) is 2.84. The van der Waals surface area contributed by atoms with Gasteiger partial charge in [-0.25, -0.2) is 12.7 Å². The molecule has 6 nitrogen and oxygen atoms in total. The van der Waals surface area contributed by atoms with Gasteiger partial charge in [-0.3, -0.25) is 4.79 Å². The maximum Gasteiger partial charge on any atom is 0.223 e. The van der Waals surface area contributed by atoms with E-state index in [2.05, 4.69) is 5.32 Å². The van der Waals surface area contributed by atoms with Crippen LogP contribution in [0, 0.1) is 12.8 Å². The highest BCUT2D eigenvalue weighted by Gasteiger charge is 2.31. The number of benzene rings is 2. The quantitative estimate of drug-likeness (QED) is 0.675. The first-order valence-electron chi connectivity index (χ1n) is 10.8. The van der Waals surface area contributed by atoms with Crippen molar-refractivity contribution in [2.45, 2.75) is 52.0 Å². The standard InChI is InChI=1S/C24H32N2O4S/c1-18(2)30-23-9-7-20(8-10-23)16-25-24(27)22-11-13-26(14-12-22)31(28,29)17-21-6-4-5-19(3)15-21/h4-10,15,18,22H,11-14,16-17H2,1-3H3,(H,25,27). The summed E-state index contributed by atoms with van der Waals surface area (Å²) in [5.74, 6) is 0.638. The fourth-order valence-corrected chi connectivity index (χ4v) is 5.34. The molecule has 0 atom stereocenters. The summed E-state index contributed by atoms with van der Waals surface area (Å²) in [6.45, 7) is 7.13. The van der Waals surface area contributed by atoms with Gasteiger partial charge in [0, 0.05) is 25.6 Å². The van der Waals surface area contributed by atoms with E-state index >= 15 is 0 Å². The van der Waals surface area contributed by atoms with Crippen molar-refractivity contribution in [2.75, 3.05) is 13.1 Å². The minimum Gasteiger partial charge on any atom is -0.491 e. The van der Waals surface area contributed by atoms with Crippen LogP contribution in [-0.2, 0) is 27.1 Å². The Morgan fingerprint density at radius 3 is 2.39 bits per heavy atom. The first kappa shape index (κ1) is 23.3. The number of carbonyl (C=O) groups is 1. The van der Waals surface area contributed by atoms with Gasteiger partial charge in [-0.05, 0) is 56.9 Å². The van der Waals surface area contributed by atoms with Gasteiger partial charge in [0.15, 0.2) is 0 Å². The molecule has 1 heterocycles. The van der Waals surface area contributed by atoms with Gasteiger partial charge in [0.05, 0.1) is 11.9 Å². The minimum atomic E-state index is -3.38. The lowest BCUT2D eigenvalue weighted by Gasteiger charge is -2.30. The van der Waals surface area contributed by atoms with Crippen LogP contribution >= 0.6 is 0 Å². The zero-order valence-electron chi connectivity index (χ0n) is 18.5. The van der Waals surface area contributed by atoms with E-state index in [1.165, 1.54) is 4.31 Å². The number of nitrogens with one attached hydrogen (secondary N) is 1. The van der Waals surface area contributed by atoms with Crippen LogP contribution in [0.25, 0.3) is 0 Å².